The number of hydrogen-bond acceptors (Lipinski definition) is 4. The summed E-state index contributed by atoms with van der Waals surface area (Å²) in [5, 5.41) is 2.90. The zero-order valence-electron chi connectivity index (χ0n) is 8.90. The molecular weight excluding hydrogens is 226 g/mol. The summed E-state index contributed by atoms with van der Waals surface area (Å²) in [6.07, 6.45) is 1.17. The van der Waals surface area contributed by atoms with Crippen LogP contribution in [0.25, 0.3) is 4.85 Å². The fraction of sp³-hybridized carbons (Fsp3) is 0.300. The number of nitrogens with two attached hydrogens (primary N) is 1. The standard InChI is InChI=1S/C10H13N3O2S/c1-12-8-3-4-9(11)10(7-8)13-5-6-16(2,14)15/h3-4,7,13H,5-6,11H2,2H3. The Morgan fingerprint density at radius 1 is 1.50 bits per heavy atom. The first kappa shape index (κ1) is 12.3. The highest BCUT2D eigenvalue weighted by atomic mass is 32.2. The van der Waals surface area contributed by atoms with Gasteiger partial charge >= 0.3 is 0 Å². The van der Waals surface area contributed by atoms with Crippen LogP contribution in [0.4, 0.5) is 17.1 Å². The third kappa shape index (κ3) is 3.79. The van der Waals surface area contributed by atoms with Gasteiger partial charge < -0.3 is 11.1 Å². The molecule has 0 aromatic heterocycles. The molecule has 5 nitrogen and oxygen atoms in total. The Balaban J connectivity index is 2.71. The average Bonchev–Trinajstić information content (AvgIpc) is 2.19. The SMILES string of the molecule is [C-]#[N+]c1ccc(N)c(NCCS(C)(=O)=O)c1. The largest absolute Gasteiger partial charge is 0.397 e. The van der Waals surface area contributed by atoms with Crippen molar-refractivity contribution in [2.24, 2.45) is 0 Å². The molecule has 1 aromatic rings. The second-order valence-corrected chi connectivity index (χ2v) is 5.70. The summed E-state index contributed by atoms with van der Waals surface area (Å²) < 4.78 is 21.8. The lowest BCUT2D eigenvalue weighted by atomic mass is 10.2. The molecule has 0 saturated heterocycles. The van der Waals surface area contributed by atoms with Crippen molar-refractivity contribution in [3.63, 3.8) is 0 Å². The zero-order chi connectivity index (χ0) is 12.2. The Kier molecular flexibility index (Phi) is 3.74. The molecule has 0 amide bonds. The van der Waals surface area contributed by atoms with Crippen molar-refractivity contribution in [3.05, 3.63) is 29.6 Å². The first-order valence-corrected chi connectivity index (χ1v) is 6.67. The third-order valence-electron chi connectivity index (χ3n) is 1.95. The van der Waals surface area contributed by atoms with E-state index in [1.165, 1.54) is 6.26 Å². The van der Waals surface area contributed by atoms with Crippen LogP contribution in [0.5, 0.6) is 0 Å². The first-order valence-electron chi connectivity index (χ1n) is 4.61. The zero-order valence-corrected chi connectivity index (χ0v) is 9.71. The van der Waals surface area contributed by atoms with Gasteiger partial charge in [0.2, 0.25) is 0 Å². The molecule has 0 aliphatic rings. The fourth-order valence-electron chi connectivity index (χ4n) is 1.14. The Morgan fingerprint density at radius 3 is 2.75 bits per heavy atom. The molecule has 86 valence electrons. The van der Waals surface area contributed by atoms with Crippen LogP contribution < -0.4 is 11.1 Å². The maximum absolute atomic E-state index is 10.9. The van der Waals surface area contributed by atoms with Crippen LogP contribution in [0.1, 0.15) is 0 Å². The molecule has 1 rings (SSSR count). The molecule has 0 unspecified atom stereocenters. The lowest BCUT2D eigenvalue weighted by Gasteiger charge is -2.08. The van der Waals surface area contributed by atoms with E-state index in [9.17, 15) is 8.42 Å². The quantitative estimate of drug-likeness (QED) is 0.613. The number of sulfone groups is 1. The predicted molar refractivity (Wildman–Crippen MR) is 65.3 cm³/mol. The van der Waals surface area contributed by atoms with E-state index < -0.39 is 9.84 Å². The molecule has 0 aliphatic carbocycles. The van der Waals surface area contributed by atoms with Gasteiger partial charge in [-0.05, 0) is 12.1 Å². The third-order valence-corrected chi connectivity index (χ3v) is 2.90. The van der Waals surface area contributed by atoms with Crippen LogP contribution in [-0.2, 0) is 9.84 Å². The van der Waals surface area contributed by atoms with Crippen molar-refractivity contribution in [1.29, 1.82) is 0 Å². The summed E-state index contributed by atoms with van der Waals surface area (Å²) >= 11 is 0. The molecule has 0 heterocycles. The van der Waals surface area contributed by atoms with E-state index in [-0.39, 0.29) is 12.3 Å². The smallest absolute Gasteiger partial charge is 0.189 e. The molecule has 0 atom stereocenters. The van der Waals surface area contributed by atoms with Crippen LogP contribution in [-0.4, -0.2) is 27.0 Å². The van der Waals surface area contributed by atoms with E-state index in [1.807, 2.05) is 0 Å². The van der Waals surface area contributed by atoms with Gasteiger partial charge in [-0.2, -0.15) is 0 Å². The summed E-state index contributed by atoms with van der Waals surface area (Å²) in [7, 11) is -2.99. The summed E-state index contributed by atoms with van der Waals surface area (Å²) in [5.74, 6) is 0.0364. The van der Waals surface area contributed by atoms with E-state index in [0.29, 0.717) is 17.1 Å². The van der Waals surface area contributed by atoms with E-state index >= 15 is 0 Å². The van der Waals surface area contributed by atoms with Gasteiger partial charge in [0.1, 0.15) is 9.84 Å². The Morgan fingerprint density at radius 2 is 2.19 bits per heavy atom. The monoisotopic (exact) mass is 239 g/mol. The second-order valence-electron chi connectivity index (χ2n) is 3.44. The predicted octanol–water partition coefficient (Wildman–Crippen LogP) is 1.28. The minimum Gasteiger partial charge on any atom is -0.397 e. The first-order chi connectivity index (χ1) is 7.42. The maximum atomic E-state index is 10.9. The number of anilines is 2. The molecule has 0 fully saturated rings. The second kappa shape index (κ2) is 4.86. The number of hydrogen-bond donors (Lipinski definition) is 2. The normalized spacial score (nSPS) is 10.8. The van der Waals surface area contributed by atoms with E-state index in [2.05, 4.69) is 10.2 Å². The Hall–Kier alpha value is -1.74. The fourth-order valence-corrected chi connectivity index (χ4v) is 1.61. The summed E-state index contributed by atoms with van der Waals surface area (Å²) in [5.41, 5.74) is 7.24. The van der Waals surface area contributed by atoms with Gasteiger partial charge in [0.25, 0.3) is 0 Å². The molecule has 0 spiro atoms. The number of rotatable bonds is 4. The van der Waals surface area contributed by atoms with E-state index in [0.717, 1.165) is 0 Å². The van der Waals surface area contributed by atoms with Crippen molar-refractivity contribution < 1.29 is 8.42 Å². The topological polar surface area (TPSA) is 76.5 Å². The van der Waals surface area contributed by atoms with Crippen molar-refractivity contribution >= 4 is 26.9 Å². The number of nitrogen functional groups attached to an aromatic ring is 1. The van der Waals surface area contributed by atoms with Gasteiger partial charge in [-0.25, -0.2) is 13.3 Å². The highest BCUT2D eigenvalue weighted by molar-refractivity contribution is 7.90. The summed E-state index contributed by atoms with van der Waals surface area (Å²) in [4.78, 5) is 3.27. The molecule has 0 saturated carbocycles. The van der Waals surface area contributed by atoms with Crippen molar-refractivity contribution in [2.45, 2.75) is 0 Å². The minimum atomic E-state index is -2.99. The van der Waals surface area contributed by atoms with Crippen LogP contribution in [0.15, 0.2) is 18.2 Å². The maximum Gasteiger partial charge on any atom is 0.189 e. The van der Waals surface area contributed by atoms with Crippen LogP contribution in [0.2, 0.25) is 0 Å². The van der Waals surface area contributed by atoms with Gasteiger partial charge in [0, 0.05) is 18.5 Å². The van der Waals surface area contributed by atoms with Gasteiger partial charge in [-0.3, -0.25) is 0 Å². The molecule has 0 radical (unpaired) electrons. The molecule has 1 aromatic carbocycles. The van der Waals surface area contributed by atoms with Crippen molar-refractivity contribution in [2.75, 3.05) is 29.6 Å². The Bertz CT molecular complexity index is 517. The highest BCUT2D eigenvalue weighted by Gasteiger charge is 2.03. The number of nitrogens with zero attached hydrogens (tertiary/aromatic N) is 1. The lowest BCUT2D eigenvalue weighted by Crippen LogP contribution is -2.14. The minimum absolute atomic E-state index is 0.0364. The molecule has 16 heavy (non-hydrogen) atoms. The van der Waals surface area contributed by atoms with Crippen LogP contribution in [0, 0.1) is 6.57 Å². The van der Waals surface area contributed by atoms with E-state index in [4.69, 9.17) is 12.3 Å². The Labute approximate surface area is 95.0 Å². The van der Waals surface area contributed by atoms with Crippen LogP contribution >= 0.6 is 0 Å². The molecule has 6 heteroatoms. The highest BCUT2D eigenvalue weighted by Crippen LogP contribution is 2.24. The number of benzene rings is 1. The molecular formula is C10H13N3O2S. The molecule has 0 bridgehead atoms. The van der Waals surface area contributed by atoms with Crippen molar-refractivity contribution in [3.8, 4) is 0 Å². The van der Waals surface area contributed by atoms with Gasteiger partial charge in [-0.15, -0.1) is 0 Å². The van der Waals surface area contributed by atoms with Gasteiger partial charge in [0.15, 0.2) is 5.69 Å². The van der Waals surface area contributed by atoms with Crippen LogP contribution in [0.3, 0.4) is 0 Å². The van der Waals surface area contributed by atoms with Gasteiger partial charge in [-0.1, -0.05) is 6.07 Å². The average molecular weight is 239 g/mol. The molecule has 3 N–H and O–H groups in total. The van der Waals surface area contributed by atoms with Crippen molar-refractivity contribution in [1.82, 2.24) is 0 Å². The lowest BCUT2D eigenvalue weighted by molar-refractivity contribution is 0.602. The van der Waals surface area contributed by atoms with E-state index in [1.54, 1.807) is 18.2 Å². The number of nitrogens with one attached hydrogen (secondary N) is 1. The molecule has 0 aliphatic heterocycles. The summed E-state index contributed by atoms with van der Waals surface area (Å²) in [6, 6.07) is 4.84. The van der Waals surface area contributed by atoms with Gasteiger partial charge in [0.05, 0.1) is 18.0 Å². The summed E-state index contributed by atoms with van der Waals surface area (Å²) in [6.45, 7) is 7.13.